The van der Waals surface area contributed by atoms with Crippen LogP contribution in [0.1, 0.15) is 16.8 Å². The van der Waals surface area contributed by atoms with Gasteiger partial charge in [0.2, 0.25) is 5.69 Å². The quantitative estimate of drug-likeness (QED) is 0.612. The molecule has 0 spiro atoms. The number of aryl methyl sites for hydroxylation is 3. The van der Waals surface area contributed by atoms with Crippen molar-refractivity contribution in [2.24, 2.45) is 7.05 Å². The third-order valence-corrected chi connectivity index (χ3v) is 3.99. The lowest BCUT2D eigenvalue weighted by molar-refractivity contribution is -0.665. The fraction of sp³-hybridized carbons (Fsp3) is 0.222. The van der Waals surface area contributed by atoms with Crippen molar-refractivity contribution in [3.8, 4) is 11.3 Å². The zero-order valence-electron chi connectivity index (χ0n) is 12.4. The van der Waals surface area contributed by atoms with Gasteiger partial charge in [-0.05, 0) is 36.9 Å². The first-order valence-electron chi connectivity index (χ1n) is 6.89. The Morgan fingerprint density at radius 3 is 2.55 bits per heavy atom. The highest BCUT2D eigenvalue weighted by Crippen LogP contribution is 2.28. The maximum atomic E-state index is 4.31. The van der Waals surface area contributed by atoms with Crippen LogP contribution in [-0.4, -0.2) is 4.98 Å². The molecule has 0 bridgehead atoms. The number of rotatable bonds is 1. The molecule has 3 aromatic rings. The van der Waals surface area contributed by atoms with E-state index >= 15 is 0 Å². The van der Waals surface area contributed by atoms with Gasteiger partial charge in [0.15, 0.2) is 5.69 Å². The van der Waals surface area contributed by atoms with Gasteiger partial charge in [-0.3, -0.25) is 4.98 Å². The second-order valence-electron chi connectivity index (χ2n) is 5.47. The van der Waals surface area contributed by atoms with Gasteiger partial charge in [0.1, 0.15) is 7.05 Å². The van der Waals surface area contributed by atoms with Gasteiger partial charge >= 0.3 is 0 Å². The fourth-order valence-corrected chi connectivity index (χ4v) is 2.72. The van der Waals surface area contributed by atoms with Crippen molar-refractivity contribution in [1.29, 1.82) is 0 Å². The fourth-order valence-electron chi connectivity index (χ4n) is 2.72. The van der Waals surface area contributed by atoms with Gasteiger partial charge in [0.25, 0.3) is 0 Å². The molecule has 0 aliphatic carbocycles. The van der Waals surface area contributed by atoms with E-state index in [1.54, 1.807) is 0 Å². The predicted octanol–water partition coefficient (Wildman–Crippen LogP) is 3.65. The Bertz CT molecular complexity index is 804. The molecule has 0 N–H and O–H groups in total. The average molecular weight is 263 g/mol. The summed E-state index contributed by atoms with van der Waals surface area (Å²) < 4.78 is 2.26. The molecule has 0 amide bonds. The molecule has 0 aliphatic heterocycles. The minimum atomic E-state index is 1.20. The third kappa shape index (κ3) is 1.97. The van der Waals surface area contributed by atoms with E-state index in [1.165, 1.54) is 38.9 Å². The Balaban J connectivity index is 2.47. The Labute approximate surface area is 119 Å². The van der Waals surface area contributed by atoms with Crippen molar-refractivity contribution in [1.82, 2.24) is 4.98 Å². The molecule has 0 saturated carbocycles. The molecule has 2 nitrogen and oxygen atoms in total. The van der Waals surface area contributed by atoms with E-state index in [4.69, 9.17) is 0 Å². The molecule has 0 fully saturated rings. The summed E-state index contributed by atoms with van der Waals surface area (Å²) in [5.74, 6) is 0. The normalized spacial score (nSPS) is 11.0. The van der Waals surface area contributed by atoms with Gasteiger partial charge < -0.3 is 0 Å². The standard InChI is InChI=1S/C18H19N2/c1-12-5-6-15-10-14(3)20(4)18(16(15)9-12)17-11-19-8-7-13(17)2/h5-11H,1-4H3/q+1. The summed E-state index contributed by atoms with van der Waals surface area (Å²) in [6.07, 6.45) is 3.81. The Hall–Kier alpha value is -2.22. The molecule has 3 rings (SSSR count). The van der Waals surface area contributed by atoms with Crippen LogP contribution in [0.25, 0.3) is 22.0 Å². The van der Waals surface area contributed by atoms with Gasteiger partial charge in [0.05, 0.1) is 10.9 Å². The minimum absolute atomic E-state index is 1.20. The van der Waals surface area contributed by atoms with E-state index in [1.807, 2.05) is 12.4 Å². The van der Waals surface area contributed by atoms with Crippen LogP contribution >= 0.6 is 0 Å². The third-order valence-electron chi connectivity index (χ3n) is 3.99. The molecule has 0 atom stereocenters. The van der Waals surface area contributed by atoms with E-state index in [-0.39, 0.29) is 0 Å². The van der Waals surface area contributed by atoms with Gasteiger partial charge in [-0.25, -0.2) is 0 Å². The van der Waals surface area contributed by atoms with Crippen LogP contribution in [0.5, 0.6) is 0 Å². The monoisotopic (exact) mass is 263 g/mol. The summed E-state index contributed by atoms with van der Waals surface area (Å²) in [7, 11) is 2.12. The first-order valence-corrected chi connectivity index (χ1v) is 6.89. The smallest absolute Gasteiger partial charge is 0.222 e. The summed E-state index contributed by atoms with van der Waals surface area (Å²) in [5.41, 5.74) is 6.23. The second kappa shape index (κ2) is 4.71. The highest BCUT2D eigenvalue weighted by atomic mass is 14.9. The minimum Gasteiger partial charge on any atom is -0.264 e. The van der Waals surface area contributed by atoms with E-state index in [9.17, 15) is 0 Å². The number of pyridine rings is 2. The average Bonchev–Trinajstić information content (AvgIpc) is 2.42. The Kier molecular flexibility index (Phi) is 3.01. The second-order valence-corrected chi connectivity index (χ2v) is 5.47. The molecule has 100 valence electrons. The molecular formula is C18H19N2+. The summed E-state index contributed by atoms with van der Waals surface area (Å²) in [4.78, 5) is 4.31. The summed E-state index contributed by atoms with van der Waals surface area (Å²) >= 11 is 0. The number of hydrogen-bond acceptors (Lipinski definition) is 1. The molecule has 0 saturated heterocycles. The number of nitrogens with zero attached hydrogens (tertiary/aromatic N) is 2. The van der Waals surface area contributed by atoms with Crippen LogP contribution in [0, 0.1) is 20.8 Å². The predicted molar refractivity (Wildman–Crippen MR) is 82.6 cm³/mol. The zero-order chi connectivity index (χ0) is 14.3. The lowest BCUT2D eigenvalue weighted by atomic mass is 9.99. The summed E-state index contributed by atoms with van der Waals surface area (Å²) in [6.45, 7) is 6.43. The lowest BCUT2D eigenvalue weighted by Crippen LogP contribution is -2.35. The molecule has 2 aromatic heterocycles. The maximum absolute atomic E-state index is 4.31. The lowest BCUT2D eigenvalue weighted by Gasteiger charge is -2.10. The number of aromatic nitrogens is 2. The van der Waals surface area contributed by atoms with E-state index in [0.717, 1.165) is 0 Å². The summed E-state index contributed by atoms with van der Waals surface area (Å²) in [5, 5.41) is 2.57. The number of fused-ring (bicyclic) bond motifs is 1. The highest BCUT2D eigenvalue weighted by molar-refractivity contribution is 5.94. The van der Waals surface area contributed by atoms with Crippen LogP contribution in [0.4, 0.5) is 0 Å². The SMILES string of the molecule is Cc1ccc2cc(C)[n+](C)c(-c3cnccc3C)c2c1. The van der Waals surface area contributed by atoms with Crippen LogP contribution in [0.2, 0.25) is 0 Å². The van der Waals surface area contributed by atoms with Crippen LogP contribution in [-0.2, 0) is 7.05 Å². The maximum Gasteiger partial charge on any atom is 0.222 e. The van der Waals surface area contributed by atoms with Crippen molar-refractivity contribution in [3.05, 3.63) is 59.5 Å². The molecule has 0 aliphatic rings. The highest BCUT2D eigenvalue weighted by Gasteiger charge is 2.19. The Morgan fingerprint density at radius 1 is 1.00 bits per heavy atom. The largest absolute Gasteiger partial charge is 0.264 e. The van der Waals surface area contributed by atoms with Crippen LogP contribution in [0.15, 0.2) is 42.7 Å². The van der Waals surface area contributed by atoms with Crippen LogP contribution in [0.3, 0.4) is 0 Å². The van der Waals surface area contributed by atoms with E-state index in [2.05, 4.69) is 67.7 Å². The number of benzene rings is 1. The topological polar surface area (TPSA) is 16.8 Å². The summed E-state index contributed by atoms with van der Waals surface area (Å²) in [6, 6.07) is 10.9. The number of hydrogen-bond donors (Lipinski definition) is 0. The first-order chi connectivity index (χ1) is 9.58. The van der Waals surface area contributed by atoms with Gasteiger partial charge in [-0.1, -0.05) is 17.7 Å². The molecule has 0 unspecified atom stereocenters. The zero-order valence-corrected chi connectivity index (χ0v) is 12.4. The molecule has 0 radical (unpaired) electrons. The van der Waals surface area contributed by atoms with Crippen molar-refractivity contribution in [2.75, 3.05) is 0 Å². The van der Waals surface area contributed by atoms with Crippen molar-refractivity contribution < 1.29 is 4.57 Å². The van der Waals surface area contributed by atoms with Gasteiger partial charge in [0, 0.05) is 25.4 Å². The van der Waals surface area contributed by atoms with Crippen molar-refractivity contribution in [3.63, 3.8) is 0 Å². The van der Waals surface area contributed by atoms with Crippen molar-refractivity contribution >= 4 is 10.8 Å². The molecular weight excluding hydrogens is 244 g/mol. The van der Waals surface area contributed by atoms with Gasteiger partial charge in [-0.15, -0.1) is 0 Å². The Morgan fingerprint density at radius 2 is 1.80 bits per heavy atom. The van der Waals surface area contributed by atoms with Crippen LogP contribution < -0.4 is 4.57 Å². The molecule has 2 heterocycles. The molecule has 2 heteroatoms. The molecule has 1 aromatic carbocycles. The molecule has 20 heavy (non-hydrogen) atoms. The van der Waals surface area contributed by atoms with Gasteiger partial charge in [-0.2, -0.15) is 4.57 Å². The van der Waals surface area contributed by atoms with Crippen molar-refractivity contribution in [2.45, 2.75) is 20.8 Å². The van der Waals surface area contributed by atoms with E-state index < -0.39 is 0 Å². The first kappa shape index (κ1) is 12.8. The van der Waals surface area contributed by atoms with E-state index in [0.29, 0.717) is 0 Å².